The molecule has 5 nitrogen and oxygen atoms in total. The first-order chi connectivity index (χ1) is 13.6. The second-order valence-corrected chi connectivity index (χ2v) is 9.23. The number of ether oxygens (including phenoxy) is 1. The molecule has 144 valence electrons. The highest BCUT2D eigenvalue weighted by Crippen LogP contribution is 2.36. The van der Waals surface area contributed by atoms with E-state index in [1.54, 1.807) is 11.3 Å². The van der Waals surface area contributed by atoms with Crippen LogP contribution >= 0.6 is 27.3 Å². The molecule has 1 aromatic carbocycles. The summed E-state index contributed by atoms with van der Waals surface area (Å²) in [4.78, 5) is 14.1. The number of hydrogen-bond donors (Lipinski definition) is 0. The second-order valence-electron chi connectivity index (χ2n) is 7.59. The Morgan fingerprint density at radius 2 is 2.00 bits per heavy atom. The Kier molecular flexibility index (Phi) is 4.69. The summed E-state index contributed by atoms with van der Waals surface area (Å²) in [5.74, 6) is 1.06. The van der Waals surface area contributed by atoms with E-state index in [1.807, 2.05) is 17.8 Å². The molecule has 0 radical (unpaired) electrons. The zero-order chi connectivity index (χ0) is 19.3. The molecule has 0 saturated carbocycles. The smallest absolute Gasteiger partial charge is 0.116 e. The molecule has 0 bridgehead atoms. The van der Waals surface area contributed by atoms with Gasteiger partial charge in [0.1, 0.15) is 11.3 Å². The van der Waals surface area contributed by atoms with Crippen LogP contribution in [0.2, 0.25) is 0 Å². The number of benzene rings is 1. The van der Waals surface area contributed by atoms with E-state index in [-0.39, 0.29) is 12.2 Å². The molecule has 1 unspecified atom stereocenters. The standard InChI is InChI=1S/C21H21BrN4OS/c1-12-5-16(6-13(2)27-12)26-20(8-15-10-28-11-24-15)25-19-9-23-18-4-3-14(22)7-17(18)21(19)26/h3-4,7,9-13,16H,5-6,8H2,1-2H3/t12-,13+,16?. The van der Waals surface area contributed by atoms with Crippen LogP contribution in [0.15, 0.2) is 39.8 Å². The Labute approximate surface area is 175 Å². The van der Waals surface area contributed by atoms with Gasteiger partial charge in [0.15, 0.2) is 0 Å². The van der Waals surface area contributed by atoms with Gasteiger partial charge in [0, 0.05) is 27.7 Å². The number of nitrogens with zero attached hydrogens (tertiary/aromatic N) is 4. The maximum Gasteiger partial charge on any atom is 0.116 e. The number of fused-ring (bicyclic) bond motifs is 3. The molecule has 0 N–H and O–H groups in total. The van der Waals surface area contributed by atoms with Crippen molar-refractivity contribution in [2.24, 2.45) is 0 Å². The van der Waals surface area contributed by atoms with Crippen molar-refractivity contribution in [2.75, 3.05) is 0 Å². The first-order valence-corrected chi connectivity index (χ1v) is 11.3. The molecule has 4 heterocycles. The Bertz CT molecular complexity index is 1130. The van der Waals surface area contributed by atoms with Gasteiger partial charge in [-0.1, -0.05) is 15.9 Å². The molecule has 1 fully saturated rings. The topological polar surface area (TPSA) is 52.8 Å². The molecule has 4 aromatic rings. The van der Waals surface area contributed by atoms with Gasteiger partial charge in [-0.3, -0.25) is 4.98 Å². The predicted molar refractivity (Wildman–Crippen MR) is 116 cm³/mol. The van der Waals surface area contributed by atoms with Crippen LogP contribution in [0.25, 0.3) is 21.9 Å². The molecule has 5 rings (SSSR count). The van der Waals surface area contributed by atoms with E-state index >= 15 is 0 Å². The van der Waals surface area contributed by atoms with Crippen molar-refractivity contribution in [1.82, 2.24) is 19.5 Å². The SMILES string of the molecule is C[C@@H]1CC(n2c(Cc3cscn3)nc3cnc4ccc(Br)cc4c32)C[C@H](C)O1. The van der Waals surface area contributed by atoms with Gasteiger partial charge in [0.05, 0.1) is 40.6 Å². The minimum absolute atomic E-state index is 0.234. The lowest BCUT2D eigenvalue weighted by molar-refractivity contribution is -0.0484. The Balaban J connectivity index is 1.76. The van der Waals surface area contributed by atoms with E-state index in [9.17, 15) is 0 Å². The molecular formula is C21H21BrN4OS. The van der Waals surface area contributed by atoms with E-state index < -0.39 is 0 Å². The van der Waals surface area contributed by atoms with Crippen LogP contribution in [0.4, 0.5) is 0 Å². The summed E-state index contributed by atoms with van der Waals surface area (Å²) in [7, 11) is 0. The van der Waals surface area contributed by atoms with Gasteiger partial charge in [-0.2, -0.15) is 0 Å². The maximum absolute atomic E-state index is 6.01. The van der Waals surface area contributed by atoms with Crippen molar-refractivity contribution in [3.8, 4) is 0 Å². The maximum atomic E-state index is 6.01. The molecule has 1 aliphatic heterocycles. The minimum atomic E-state index is 0.234. The lowest BCUT2D eigenvalue weighted by Crippen LogP contribution is -2.31. The summed E-state index contributed by atoms with van der Waals surface area (Å²) >= 11 is 5.25. The molecular weight excluding hydrogens is 436 g/mol. The van der Waals surface area contributed by atoms with Crippen LogP contribution < -0.4 is 0 Å². The molecule has 7 heteroatoms. The average molecular weight is 457 g/mol. The monoisotopic (exact) mass is 456 g/mol. The average Bonchev–Trinajstić information content (AvgIpc) is 3.28. The van der Waals surface area contributed by atoms with Crippen molar-refractivity contribution in [3.05, 3.63) is 51.3 Å². The van der Waals surface area contributed by atoms with Gasteiger partial charge in [-0.05, 0) is 44.9 Å². The Hall–Kier alpha value is -1.83. The third-order valence-corrected chi connectivity index (χ3v) is 6.54. The number of rotatable bonds is 3. The summed E-state index contributed by atoms with van der Waals surface area (Å²) in [6, 6.07) is 6.60. The molecule has 28 heavy (non-hydrogen) atoms. The third kappa shape index (κ3) is 3.25. The quantitative estimate of drug-likeness (QED) is 0.406. The molecule has 0 aliphatic carbocycles. The van der Waals surface area contributed by atoms with Gasteiger partial charge in [-0.25, -0.2) is 9.97 Å². The summed E-state index contributed by atoms with van der Waals surface area (Å²) in [6.07, 6.45) is 5.07. The largest absolute Gasteiger partial charge is 0.375 e. The minimum Gasteiger partial charge on any atom is -0.375 e. The van der Waals surface area contributed by atoms with E-state index in [0.717, 1.165) is 51.7 Å². The fourth-order valence-electron chi connectivity index (χ4n) is 4.38. The Morgan fingerprint density at radius 1 is 1.18 bits per heavy atom. The molecule has 1 aliphatic rings. The van der Waals surface area contributed by atoms with Crippen molar-refractivity contribution >= 4 is 49.2 Å². The van der Waals surface area contributed by atoms with Crippen LogP contribution in [0.3, 0.4) is 0 Å². The number of thiazole rings is 1. The van der Waals surface area contributed by atoms with Crippen molar-refractivity contribution < 1.29 is 4.74 Å². The van der Waals surface area contributed by atoms with E-state index in [2.05, 4.69) is 61.8 Å². The zero-order valence-corrected chi connectivity index (χ0v) is 18.2. The van der Waals surface area contributed by atoms with Crippen molar-refractivity contribution in [2.45, 2.75) is 51.4 Å². The highest BCUT2D eigenvalue weighted by atomic mass is 79.9. The fourth-order valence-corrected chi connectivity index (χ4v) is 5.30. The summed E-state index contributed by atoms with van der Waals surface area (Å²) < 4.78 is 9.51. The Morgan fingerprint density at radius 3 is 2.75 bits per heavy atom. The fraction of sp³-hybridized carbons (Fsp3) is 0.381. The van der Waals surface area contributed by atoms with Gasteiger partial charge < -0.3 is 9.30 Å². The lowest BCUT2D eigenvalue weighted by atomic mass is 9.98. The number of pyridine rings is 1. The highest BCUT2D eigenvalue weighted by molar-refractivity contribution is 9.10. The summed E-state index contributed by atoms with van der Waals surface area (Å²) in [6.45, 7) is 4.33. The molecule has 3 atom stereocenters. The number of imidazole rings is 1. The summed E-state index contributed by atoms with van der Waals surface area (Å²) in [5.41, 5.74) is 6.05. The van der Waals surface area contributed by atoms with Gasteiger partial charge in [0.25, 0.3) is 0 Å². The third-order valence-electron chi connectivity index (χ3n) is 5.41. The van der Waals surface area contributed by atoms with Crippen molar-refractivity contribution in [3.63, 3.8) is 0 Å². The number of halogens is 1. The van der Waals surface area contributed by atoms with Crippen LogP contribution in [0, 0.1) is 0 Å². The van der Waals surface area contributed by atoms with Crippen molar-refractivity contribution in [1.29, 1.82) is 0 Å². The van der Waals surface area contributed by atoms with E-state index in [4.69, 9.17) is 9.72 Å². The van der Waals surface area contributed by atoms with Gasteiger partial charge >= 0.3 is 0 Å². The zero-order valence-electron chi connectivity index (χ0n) is 15.8. The predicted octanol–water partition coefficient (Wildman–Crippen LogP) is 5.52. The van der Waals surface area contributed by atoms with Crippen LogP contribution in [-0.4, -0.2) is 31.7 Å². The van der Waals surface area contributed by atoms with Gasteiger partial charge in [-0.15, -0.1) is 11.3 Å². The summed E-state index contributed by atoms with van der Waals surface area (Å²) in [5, 5.41) is 3.24. The first kappa shape index (κ1) is 18.2. The van der Waals surface area contributed by atoms with Crippen LogP contribution in [-0.2, 0) is 11.2 Å². The van der Waals surface area contributed by atoms with Gasteiger partial charge in [0.2, 0.25) is 0 Å². The normalized spacial score (nSPS) is 22.9. The van der Waals surface area contributed by atoms with Crippen LogP contribution in [0.5, 0.6) is 0 Å². The molecule has 3 aromatic heterocycles. The van der Waals surface area contributed by atoms with E-state index in [0.29, 0.717) is 6.04 Å². The first-order valence-electron chi connectivity index (χ1n) is 9.56. The highest BCUT2D eigenvalue weighted by Gasteiger charge is 2.29. The molecule has 0 amide bonds. The molecule has 1 saturated heterocycles. The number of hydrogen-bond acceptors (Lipinski definition) is 5. The molecule has 0 spiro atoms. The lowest BCUT2D eigenvalue weighted by Gasteiger charge is -2.34. The van der Waals surface area contributed by atoms with Crippen LogP contribution in [0.1, 0.15) is 44.2 Å². The number of aromatic nitrogens is 4. The second kappa shape index (κ2) is 7.21. The van der Waals surface area contributed by atoms with E-state index in [1.165, 1.54) is 5.52 Å².